The highest BCUT2D eigenvalue weighted by Gasteiger charge is 2.23. The van der Waals surface area contributed by atoms with Gasteiger partial charge in [-0.05, 0) is 65.4 Å². The molecule has 11 heteroatoms. The standard InChI is InChI=1S/C26H24FIN4O5/c1-14-22-21(23(30(2)24(14)33)29-20-8-7-16(28)10-19(20)27)25(34)31(3)26(35)32(22)17-6-4-5-15(9-17)11-37-18-12-36-13-18/h4-10,18,29H,11-13H2,1-3H3. The Morgan fingerprint density at radius 3 is 2.51 bits per heavy atom. The minimum absolute atomic E-state index is 0.0327. The molecular formula is C26H24FIN4O5. The molecule has 0 radical (unpaired) electrons. The van der Waals surface area contributed by atoms with E-state index in [9.17, 15) is 18.8 Å². The molecule has 2 aromatic heterocycles. The van der Waals surface area contributed by atoms with Gasteiger partial charge in [0.05, 0.1) is 36.7 Å². The second-order valence-corrected chi connectivity index (χ2v) is 10.2. The zero-order valence-corrected chi connectivity index (χ0v) is 22.5. The van der Waals surface area contributed by atoms with Crippen LogP contribution in [0.2, 0.25) is 0 Å². The van der Waals surface area contributed by atoms with E-state index >= 15 is 0 Å². The molecule has 1 fully saturated rings. The van der Waals surface area contributed by atoms with Gasteiger partial charge >= 0.3 is 5.69 Å². The molecule has 3 heterocycles. The van der Waals surface area contributed by atoms with Gasteiger partial charge in [0.1, 0.15) is 23.1 Å². The zero-order valence-electron chi connectivity index (χ0n) is 20.4. The maximum atomic E-state index is 14.7. The lowest BCUT2D eigenvalue weighted by molar-refractivity contribution is -0.135. The first kappa shape index (κ1) is 25.4. The van der Waals surface area contributed by atoms with E-state index < -0.39 is 22.6 Å². The topological polar surface area (TPSA) is 96.5 Å². The van der Waals surface area contributed by atoms with Gasteiger partial charge in [-0.25, -0.2) is 9.18 Å². The molecule has 1 aliphatic rings. The number of pyridine rings is 1. The Kier molecular flexibility index (Phi) is 6.77. The van der Waals surface area contributed by atoms with Crippen LogP contribution in [-0.2, 0) is 30.2 Å². The van der Waals surface area contributed by atoms with Gasteiger partial charge in [-0.1, -0.05) is 12.1 Å². The molecular weight excluding hydrogens is 594 g/mol. The number of nitrogens with one attached hydrogen (secondary N) is 1. The molecule has 0 amide bonds. The number of anilines is 2. The van der Waals surface area contributed by atoms with Crippen LogP contribution in [0.15, 0.2) is 56.8 Å². The predicted molar refractivity (Wildman–Crippen MR) is 147 cm³/mol. The summed E-state index contributed by atoms with van der Waals surface area (Å²) in [6.45, 7) is 2.98. The first-order valence-corrected chi connectivity index (χ1v) is 12.6. The molecule has 0 saturated carbocycles. The van der Waals surface area contributed by atoms with Crippen molar-refractivity contribution in [1.82, 2.24) is 13.7 Å². The lowest BCUT2D eigenvalue weighted by Crippen LogP contribution is -2.40. The fourth-order valence-electron chi connectivity index (χ4n) is 4.32. The van der Waals surface area contributed by atoms with E-state index in [0.717, 1.165) is 10.1 Å². The van der Waals surface area contributed by atoms with Gasteiger partial charge in [-0.3, -0.25) is 23.3 Å². The maximum Gasteiger partial charge on any atom is 0.335 e. The molecule has 4 aromatic rings. The molecule has 1 aliphatic heterocycles. The van der Waals surface area contributed by atoms with Crippen molar-refractivity contribution in [2.45, 2.75) is 19.6 Å². The molecule has 192 valence electrons. The number of hydrogen-bond donors (Lipinski definition) is 1. The van der Waals surface area contributed by atoms with Crippen LogP contribution in [0, 0.1) is 16.3 Å². The number of benzene rings is 2. The molecule has 9 nitrogen and oxygen atoms in total. The van der Waals surface area contributed by atoms with Crippen molar-refractivity contribution in [1.29, 1.82) is 0 Å². The third-order valence-electron chi connectivity index (χ3n) is 6.46. The monoisotopic (exact) mass is 618 g/mol. The average molecular weight is 618 g/mol. The zero-order chi connectivity index (χ0) is 26.4. The van der Waals surface area contributed by atoms with Crippen molar-refractivity contribution >= 4 is 45.0 Å². The first-order chi connectivity index (χ1) is 17.7. The Bertz CT molecular complexity index is 1720. The smallest absolute Gasteiger partial charge is 0.335 e. The molecule has 0 unspecified atom stereocenters. The van der Waals surface area contributed by atoms with Crippen molar-refractivity contribution in [3.05, 3.63) is 94.2 Å². The van der Waals surface area contributed by atoms with Gasteiger partial charge < -0.3 is 14.8 Å². The second kappa shape index (κ2) is 9.88. The lowest BCUT2D eigenvalue weighted by Gasteiger charge is -2.26. The highest BCUT2D eigenvalue weighted by Crippen LogP contribution is 2.27. The van der Waals surface area contributed by atoms with Crippen LogP contribution in [0.3, 0.4) is 0 Å². The third kappa shape index (κ3) is 4.51. The van der Waals surface area contributed by atoms with Crippen LogP contribution in [0.1, 0.15) is 11.1 Å². The van der Waals surface area contributed by atoms with Crippen molar-refractivity contribution in [2.75, 3.05) is 18.5 Å². The lowest BCUT2D eigenvalue weighted by atomic mass is 10.1. The summed E-state index contributed by atoms with van der Waals surface area (Å²) in [4.78, 5) is 40.2. The molecule has 0 spiro atoms. The summed E-state index contributed by atoms with van der Waals surface area (Å²) < 4.78 is 30.0. The van der Waals surface area contributed by atoms with Gasteiger partial charge in [0, 0.05) is 23.2 Å². The van der Waals surface area contributed by atoms with Crippen LogP contribution in [0.5, 0.6) is 0 Å². The molecule has 37 heavy (non-hydrogen) atoms. The average Bonchev–Trinajstić information content (AvgIpc) is 2.84. The molecule has 0 bridgehead atoms. The first-order valence-electron chi connectivity index (χ1n) is 11.5. The summed E-state index contributed by atoms with van der Waals surface area (Å²) in [5.41, 5.74) is 0.132. The quantitative estimate of drug-likeness (QED) is 0.334. The van der Waals surface area contributed by atoms with Crippen LogP contribution >= 0.6 is 22.6 Å². The van der Waals surface area contributed by atoms with Gasteiger partial charge in [0.25, 0.3) is 11.1 Å². The molecule has 5 rings (SSSR count). The Morgan fingerprint density at radius 1 is 1.08 bits per heavy atom. The normalized spacial score (nSPS) is 13.6. The van der Waals surface area contributed by atoms with Gasteiger partial charge in [-0.15, -0.1) is 0 Å². The number of aromatic nitrogens is 3. The van der Waals surface area contributed by atoms with Gasteiger partial charge in [0.2, 0.25) is 0 Å². The van der Waals surface area contributed by atoms with Crippen molar-refractivity contribution in [2.24, 2.45) is 14.1 Å². The second-order valence-electron chi connectivity index (χ2n) is 8.93. The molecule has 1 N–H and O–H groups in total. The number of aryl methyl sites for hydroxylation is 1. The van der Waals surface area contributed by atoms with E-state index in [0.29, 0.717) is 29.1 Å². The van der Waals surface area contributed by atoms with E-state index in [1.54, 1.807) is 31.2 Å². The van der Waals surface area contributed by atoms with E-state index in [4.69, 9.17) is 9.47 Å². The fourth-order valence-corrected chi connectivity index (χ4v) is 4.77. The van der Waals surface area contributed by atoms with Crippen LogP contribution in [-0.4, -0.2) is 33.0 Å². The summed E-state index contributed by atoms with van der Waals surface area (Å²) in [6.07, 6.45) is 0.0327. The Hall–Kier alpha value is -3.29. The molecule has 2 aromatic carbocycles. The van der Waals surface area contributed by atoms with Crippen LogP contribution < -0.4 is 22.1 Å². The van der Waals surface area contributed by atoms with E-state index in [1.807, 2.05) is 28.7 Å². The number of hydrogen-bond acceptors (Lipinski definition) is 6. The van der Waals surface area contributed by atoms with E-state index in [1.165, 1.54) is 35.4 Å². The summed E-state index contributed by atoms with van der Waals surface area (Å²) in [7, 11) is 2.87. The highest BCUT2D eigenvalue weighted by molar-refractivity contribution is 14.1. The largest absolute Gasteiger partial charge is 0.376 e. The Labute approximate surface area is 224 Å². The van der Waals surface area contributed by atoms with Crippen LogP contribution in [0.4, 0.5) is 15.9 Å². The van der Waals surface area contributed by atoms with Crippen molar-refractivity contribution in [3.8, 4) is 5.69 Å². The number of rotatable bonds is 6. The minimum Gasteiger partial charge on any atom is -0.376 e. The number of ether oxygens (including phenoxy) is 2. The maximum absolute atomic E-state index is 14.7. The van der Waals surface area contributed by atoms with Crippen molar-refractivity contribution < 1.29 is 13.9 Å². The Balaban J connectivity index is 1.76. The fraction of sp³-hybridized carbons (Fsp3) is 0.269. The summed E-state index contributed by atoms with van der Waals surface area (Å²) >= 11 is 2.00. The van der Waals surface area contributed by atoms with Gasteiger partial charge in [0.15, 0.2) is 0 Å². The van der Waals surface area contributed by atoms with Crippen molar-refractivity contribution in [3.63, 3.8) is 0 Å². The predicted octanol–water partition coefficient (Wildman–Crippen LogP) is 3.10. The Morgan fingerprint density at radius 2 is 1.84 bits per heavy atom. The molecule has 0 atom stereocenters. The van der Waals surface area contributed by atoms with Gasteiger partial charge in [-0.2, -0.15) is 0 Å². The highest BCUT2D eigenvalue weighted by atomic mass is 127. The third-order valence-corrected chi connectivity index (χ3v) is 7.13. The number of nitrogens with zero attached hydrogens (tertiary/aromatic N) is 3. The number of fused-ring (bicyclic) bond motifs is 1. The van der Waals surface area contributed by atoms with E-state index in [-0.39, 0.29) is 34.1 Å². The summed E-state index contributed by atoms with van der Waals surface area (Å²) in [5.74, 6) is -0.452. The van der Waals surface area contributed by atoms with Crippen LogP contribution in [0.25, 0.3) is 16.6 Å². The summed E-state index contributed by atoms with van der Waals surface area (Å²) in [6, 6.07) is 11.7. The molecule has 0 aliphatic carbocycles. The SMILES string of the molecule is Cc1c(=O)n(C)c(Nc2ccc(I)cc2F)c2c(=O)n(C)c(=O)n(-c3cccc(COC4COC4)c3)c12. The number of halogens is 2. The minimum atomic E-state index is -0.606. The molecule has 1 saturated heterocycles. The summed E-state index contributed by atoms with van der Waals surface area (Å²) in [5, 5.41) is 3.02. The van der Waals surface area contributed by atoms with E-state index in [2.05, 4.69) is 5.32 Å².